The van der Waals surface area contributed by atoms with Gasteiger partial charge in [-0.3, -0.25) is 5.10 Å². The van der Waals surface area contributed by atoms with Crippen molar-refractivity contribution in [1.29, 1.82) is 0 Å². The van der Waals surface area contributed by atoms with Crippen LogP contribution in [-0.2, 0) is 9.84 Å². The molecule has 0 bridgehead atoms. The fourth-order valence-corrected chi connectivity index (χ4v) is 5.60. The molecule has 0 radical (unpaired) electrons. The number of nitrogens with zero attached hydrogens (tertiary/aromatic N) is 1. The highest BCUT2D eigenvalue weighted by Gasteiger charge is 2.25. The van der Waals surface area contributed by atoms with Crippen LogP contribution in [0, 0.1) is 0 Å². The van der Waals surface area contributed by atoms with Gasteiger partial charge in [0.15, 0.2) is 5.03 Å². The van der Waals surface area contributed by atoms with Crippen molar-refractivity contribution < 1.29 is 8.42 Å². The molecular formula is C22H22N4O2S. The highest BCUT2D eigenvalue weighted by atomic mass is 32.2. The molecule has 0 aliphatic carbocycles. The standard InChI is InChI=1S/C22H22N4O2S/c27-29(28,21-9-3-6-15-5-1-2-8-18(15)21)22-19-13-16(10-11-20(19)25-26-22)24-17-7-4-12-23-14-17/h1-3,5-6,8-11,13,17,23-24H,4,7,12,14H2,(H,25,26). The number of hydrogen-bond acceptors (Lipinski definition) is 5. The van der Waals surface area contributed by atoms with E-state index in [0.29, 0.717) is 22.3 Å². The quantitative estimate of drug-likeness (QED) is 0.481. The molecule has 1 aromatic heterocycles. The van der Waals surface area contributed by atoms with Gasteiger partial charge in [0, 0.05) is 29.0 Å². The number of rotatable bonds is 4. The average Bonchev–Trinajstić information content (AvgIpc) is 3.18. The molecule has 6 nitrogen and oxygen atoms in total. The van der Waals surface area contributed by atoms with Gasteiger partial charge in [0.1, 0.15) is 0 Å². The van der Waals surface area contributed by atoms with E-state index >= 15 is 0 Å². The number of hydrogen-bond donors (Lipinski definition) is 3. The molecule has 1 saturated heterocycles. The molecule has 3 N–H and O–H groups in total. The summed E-state index contributed by atoms with van der Waals surface area (Å²) in [5.74, 6) is 0. The van der Waals surface area contributed by atoms with Crippen molar-refractivity contribution in [2.75, 3.05) is 18.4 Å². The highest BCUT2D eigenvalue weighted by Crippen LogP contribution is 2.32. The van der Waals surface area contributed by atoms with Crippen molar-refractivity contribution in [2.45, 2.75) is 28.8 Å². The topological polar surface area (TPSA) is 86.9 Å². The maximum absolute atomic E-state index is 13.5. The van der Waals surface area contributed by atoms with Crippen LogP contribution in [0.4, 0.5) is 5.69 Å². The zero-order valence-electron chi connectivity index (χ0n) is 15.9. The van der Waals surface area contributed by atoms with E-state index in [1.807, 2.05) is 48.5 Å². The highest BCUT2D eigenvalue weighted by molar-refractivity contribution is 7.91. The number of aromatic nitrogens is 2. The molecule has 1 aliphatic heterocycles. The summed E-state index contributed by atoms with van der Waals surface area (Å²) in [4.78, 5) is 0.288. The lowest BCUT2D eigenvalue weighted by molar-refractivity contribution is 0.480. The summed E-state index contributed by atoms with van der Waals surface area (Å²) >= 11 is 0. The molecule has 5 rings (SSSR count). The zero-order chi connectivity index (χ0) is 19.8. The molecular weight excluding hydrogens is 384 g/mol. The largest absolute Gasteiger partial charge is 0.381 e. The summed E-state index contributed by atoms with van der Waals surface area (Å²) in [6, 6.07) is 18.9. The number of nitrogens with one attached hydrogen (secondary N) is 3. The first-order chi connectivity index (χ1) is 14.1. The summed E-state index contributed by atoms with van der Waals surface area (Å²) in [6.45, 7) is 1.96. The minimum Gasteiger partial charge on any atom is -0.381 e. The minimum absolute atomic E-state index is 0.134. The number of piperidine rings is 1. The van der Waals surface area contributed by atoms with Gasteiger partial charge in [0.05, 0.1) is 10.4 Å². The van der Waals surface area contributed by atoms with E-state index in [1.54, 1.807) is 12.1 Å². The van der Waals surface area contributed by atoms with Gasteiger partial charge in [-0.2, -0.15) is 5.10 Å². The van der Waals surface area contributed by atoms with Crippen molar-refractivity contribution in [3.05, 3.63) is 60.7 Å². The Labute approximate surface area is 169 Å². The summed E-state index contributed by atoms with van der Waals surface area (Å²) in [5.41, 5.74) is 1.54. The molecule has 1 fully saturated rings. The van der Waals surface area contributed by atoms with Crippen LogP contribution in [0.5, 0.6) is 0 Å². The first kappa shape index (κ1) is 18.1. The summed E-state index contributed by atoms with van der Waals surface area (Å²) in [6.07, 6.45) is 2.23. The van der Waals surface area contributed by atoms with Crippen LogP contribution in [0.25, 0.3) is 21.7 Å². The number of fused-ring (bicyclic) bond motifs is 2. The van der Waals surface area contributed by atoms with Gasteiger partial charge in [-0.1, -0.05) is 36.4 Å². The van der Waals surface area contributed by atoms with E-state index in [1.165, 1.54) is 0 Å². The van der Waals surface area contributed by atoms with Gasteiger partial charge >= 0.3 is 0 Å². The summed E-state index contributed by atoms with van der Waals surface area (Å²) in [7, 11) is -3.76. The number of anilines is 1. The fraction of sp³-hybridized carbons (Fsp3) is 0.227. The Morgan fingerprint density at radius 3 is 2.72 bits per heavy atom. The minimum atomic E-state index is -3.76. The first-order valence-corrected chi connectivity index (χ1v) is 11.3. The predicted molar refractivity (Wildman–Crippen MR) is 115 cm³/mol. The van der Waals surface area contributed by atoms with E-state index in [0.717, 1.165) is 37.0 Å². The van der Waals surface area contributed by atoms with E-state index in [2.05, 4.69) is 20.8 Å². The van der Waals surface area contributed by atoms with Crippen LogP contribution in [0.1, 0.15) is 12.8 Å². The van der Waals surface area contributed by atoms with Crippen LogP contribution in [0.3, 0.4) is 0 Å². The lowest BCUT2D eigenvalue weighted by Crippen LogP contribution is -2.38. The fourth-order valence-electron chi connectivity index (χ4n) is 4.03. The Morgan fingerprint density at radius 2 is 1.86 bits per heavy atom. The molecule has 148 valence electrons. The molecule has 1 atom stereocenters. The maximum Gasteiger partial charge on any atom is 0.224 e. The van der Waals surface area contributed by atoms with Crippen LogP contribution >= 0.6 is 0 Å². The second kappa shape index (κ2) is 7.17. The third-order valence-electron chi connectivity index (χ3n) is 5.49. The maximum atomic E-state index is 13.5. The van der Waals surface area contributed by atoms with Crippen LogP contribution < -0.4 is 10.6 Å². The van der Waals surface area contributed by atoms with Crippen molar-refractivity contribution >= 4 is 37.2 Å². The number of sulfone groups is 1. The van der Waals surface area contributed by atoms with Gasteiger partial charge in [-0.15, -0.1) is 0 Å². The monoisotopic (exact) mass is 406 g/mol. The lowest BCUT2D eigenvalue weighted by Gasteiger charge is -2.24. The Hall–Kier alpha value is -2.90. The number of H-pyrrole nitrogens is 1. The molecule has 3 aromatic carbocycles. The van der Waals surface area contributed by atoms with Gasteiger partial charge in [0.25, 0.3) is 0 Å². The second-order valence-corrected chi connectivity index (χ2v) is 9.31. The SMILES string of the molecule is O=S(=O)(c1cccc2ccccc12)c1[nH]nc2ccc(NC3CCCNC3)cc12. The average molecular weight is 407 g/mol. The Kier molecular flexibility index (Phi) is 4.49. The Balaban J connectivity index is 1.59. The molecule has 1 unspecified atom stereocenters. The van der Waals surface area contributed by atoms with Gasteiger partial charge < -0.3 is 10.6 Å². The Morgan fingerprint density at radius 1 is 1.00 bits per heavy atom. The van der Waals surface area contributed by atoms with E-state index < -0.39 is 9.84 Å². The number of benzene rings is 3. The van der Waals surface area contributed by atoms with Crippen LogP contribution in [0.15, 0.2) is 70.6 Å². The zero-order valence-corrected chi connectivity index (χ0v) is 16.7. The van der Waals surface area contributed by atoms with Gasteiger partial charge in [-0.05, 0) is 49.0 Å². The van der Waals surface area contributed by atoms with Crippen molar-refractivity contribution in [3.8, 4) is 0 Å². The molecule has 7 heteroatoms. The van der Waals surface area contributed by atoms with Gasteiger partial charge in [0.2, 0.25) is 9.84 Å². The molecule has 0 spiro atoms. The third kappa shape index (κ3) is 3.26. The van der Waals surface area contributed by atoms with Crippen molar-refractivity contribution in [2.24, 2.45) is 0 Å². The van der Waals surface area contributed by atoms with Gasteiger partial charge in [-0.25, -0.2) is 8.42 Å². The second-order valence-electron chi connectivity index (χ2n) is 7.45. The van der Waals surface area contributed by atoms with Crippen molar-refractivity contribution in [1.82, 2.24) is 15.5 Å². The number of aromatic amines is 1. The van der Waals surface area contributed by atoms with E-state index in [9.17, 15) is 8.42 Å². The summed E-state index contributed by atoms with van der Waals surface area (Å²) in [5, 5.41) is 16.2. The third-order valence-corrected chi connectivity index (χ3v) is 7.28. The normalized spacial score (nSPS) is 17.6. The predicted octanol–water partition coefficient (Wildman–Crippen LogP) is 3.71. The molecule has 4 aromatic rings. The van der Waals surface area contributed by atoms with Crippen LogP contribution in [-0.4, -0.2) is 37.7 Å². The lowest BCUT2D eigenvalue weighted by atomic mass is 10.1. The molecule has 0 amide bonds. The molecule has 0 saturated carbocycles. The van der Waals surface area contributed by atoms with Crippen LogP contribution in [0.2, 0.25) is 0 Å². The van der Waals surface area contributed by atoms with E-state index in [4.69, 9.17) is 0 Å². The van der Waals surface area contributed by atoms with E-state index in [-0.39, 0.29) is 9.92 Å². The molecule has 2 heterocycles. The smallest absolute Gasteiger partial charge is 0.224 e. The molecule has 1 aliphatic rings. The summed E-state index contributed by atoms with van der Waals surface area (Å²) < 4.78 is 27.0. The molecule has 29 heavy (non-hydrogen) atoms. The van der Waals surface area contributed by atoms with Crippen molar-refractivity contribution in [3.63, 3.8) is 0 Å². The Bertz CT molecular complexity index is 1290. The first-order valence-electron chi connectivity index (χ1n) is 9.81.